The monoisotopic (exact) mass is 197 g/mol. The van der Waals surface area contributed by atoms with E-state index in [9.17, 15) is 0 Å². The van der Waals surface area contributed by atoms with Crippen LogP contribution in [0.25, 0.3) is 0 Å². The maximum atomic E-state index is 4.66. The van der Waals surface area contributed by atoms with Crippen molar-refractivity contribution in [2.24, 2.45) is 4.99 Å². The fourth-order valence-corrected chi connectivity index (χ4v) is 1.68. The summed E-state index contributed by atoms with van der Waals surface area (Å²) in [6.45, 7) is 9.93. The summed E-state index contributed by atoms with van der Waals surface area (Å²) in [7, 11) is 2.13. The van der Waals surface area contributed by atoms with Crippen LogP contribution in [0.3, 0.4) is 0 Å². The molecule has 0 atom stereocenters. The van der Waals surface area contributed by atoms with Gasteiger partial charge in [-0.2, -0.15) is 0 Å². The molecule has 82 valence electrons. The van der Waals surface area contributed by atoms with E-state index in [0.29, 0.717) is 6.04 Å². The molecule has 0 bridgehead atoms. The molecule has 1 saturated heterocycles. The van der Waals surface area contributed by atoms with E-state index in [0.717, 1.165) is 19.6 Å². The fourth-order valence-electron chi connectivity index (χ4n) is 1.68. The van der Waals surface area contributed by atoms with E-state index in [1.807, 2.05) is 0 Å². The molecule has 1 fully saturated rings. The van der Waals surface area contributed by atoms with Gasteiger partial charge in [-0.15, -0.1) is 0 Å². The minimum Gasteiger partial charge on any atom is -0.344 e. The zero-order chi connectivity index (χ0) is 10.6. The molecule has 1 rings (SSSR count). The molecule has 0 aromatic heterocycles. The lowest BCUT2D eigenvalue weighted by atomic mass is 10.3. The van der Waals surface area contributed by atoms with Crippen molar-refractivity contribution in [1.29, 1.82) is 0 Å². The molecule has 1 heterocycles. The largest absolute Gasteiger partial charge is 0.344 e. The van der Waals surface area contributed by atoms with Crippen LogP contribution in [0.15, 0.2) is 4.99 Å². The highest BCUT2D eigenvalue weighted by molar-refractivity contribution is 5.81. The van der Waals surface area contributed by atoms with Crippen molar-refractivity contribution >= 4 is 5.96 Å². The van der Waals surface area contributed by atoms with Gasteiger partial charge in [0.15, 0.2) is 5.96 Å². The van der Waals surface area contributed by atoms with Crippen LogP contribution in [0.4, 0.5) is 0 Å². The van der Waals surface area contributed by atoms with E-state index < -0.39 is 0 Å². The van der Waals surface area contributed by atoms with E-state index >= 15 is 0 Å². The predicted octanol–water partition coefficient (Wildman–Crippen LogP) is 1.80. The summed E-state index contributed by atoms with van der Waals surface area (Å²) < 4.78 is 0. The average molecular weight is 197 g/mol. The number of rotatable bonds is 4. The first kappa shape index (κ1) is 11.3. The second-order valence-corrected chi connectivity index (χ2v) is 4.29. The highest BCUT2D eigenvalue weighted by Gasteiger charge is 2.22. The van der Waals surface area contributed by atoms with E-state index in [2.05, 4.69) is 42.6 Å². The minimum absolute atomic E-state index is 0.398. The number of likely N-dealkylation sites (N-methyl/N-ethyl adjacent to an activating group) is 1. The molecule has 0 unspecified atom stereocenters. The maximum absolute atomic E-state index is 4.66. The van der Waals surface area contributed by atoms with Crippen LogP contribution in [0.5, 0.6) is 0 Å². The third-order valence-electron chi connectivity index (χ3n) is 2.48. The van der Waals surface area contributed by atoms with Gasteiger partial charge in [0.25, 0.3) is 0 Å². The van der Waals surface area contributed by atoms with E-state index in [4.69, 9.17) is 0 Å². The predicted molar refractivity (Wildman–Crippen MR) is 61.7 cm³/mol. The molecule has 0 aromatic carbocycles. The molecule has 0 spiro atoms. The van der Waals surface area contributed by atoms with Crippen LogP contribution in [0.1, 0.15) is 33.6 Å². The minimum atomic E-state index is 0.398. The lowest BCUT2D eigenvalue weighted by Crippen LogP contribution is -2.33. The number of hydrogen-bond donors (Lipinski definition) is 0. The van der Waals surface area contributed by atoms with Crippen molar-refractivity contribution in [1.82, 2.24) is 9.80 Å². The van der Waals surface area contributed by atoms with Crippen molar-refractivity contribution in [3.05, 3.63) is 0 Å². The molecule has 0 amide bonds. The Kier molecular flexibility index (Phi) is 4.23. The molecule has 0 N–H and O–H groups in total. The molecular weight excluding hydrogens is 174 g/mol. The third kappa shape index (κ3) is 2.89. The lowest BCUT2D eigenvalue weighted by molar-refractivity contribution is 0.444. The molecule has 3 nitrogen and oxygen atoms in total. The highest BCUT2D eigenvalue weighted by atomic mass is 15.4. The van der Waals surface area contributed by atoms with Crippen LogP contribution in [0.2, 0.25) is 0 Å². The van der Waals surface area contributed by atoms with Crippen LogP contribution in [-0.4, -0.2) is 48.5 Å². The molecule has 0 saturated carbocycles. The highest BCUT2D eigenvalue weighted by Crippen LogP contribution is 2.09. The first-order valence-electron chi connectivity index (χ1n) is 5.69. The SMILES string of the molecule is CCCCN1CCN(C)C1=NC(C)C. The van der Waals surface area contributed by atoms with Gasteiger partial charge in [0.2, 0.25) is 0 Å². The van der Waals surface area contributed by atoms with Gasteiger partial charge in [-0.1, -0.05) is 13.3 Å². The zero-order valence-electron chi connectivity index (χ0n) is 9.95. The molecule has 1 aliphatic heterocycles. The summed E-state index contributed by atoms with van der Waals surface area (Å²) in [6, 6.07) is 0.398. The van der Waals surface area contributed by atoms with Crippen molar-refractivity contribution in [2.75, 3.05) is 26.7 Å². The van der Waals surface area contributed by atoms with E-state index in [1.165, 1.54) is 18.8 Å². The third-order valence-corrected chi connectivity index (χ3v) is 2.48. The number of nitrogens with zero attached hydrogens (tertiary/aromatic N) is 3. The second-order valence-electron chi connectivity index (χ2n) is 4.29. The topological polar surface area (TPSA) is 18.8 Å². The Morgan fingerprint density at radius 1 is 1.36 bits per heavy atom. The molecule has 3 heteroatoms. The number of aliphatic imine (C=N–C) groups is 1. The van der Waals surface area contributed by atoms with Crippen molar-refractivity contribution < 1.29 is 0 Å². The van der Waals surface area contributed by atoms with Crippen LogP contribution in [0, 0.1) is 0 Å². The first-order valence-corrected chi connectivity index (χ1v) is 5.69. The lowest BCUT2D eigenvalue weighted by Gasteiger charge is -2.21. The van der Waals surface area contributed by atoms with E-state index in [1.54, 1.807) is 0 Å². The summed E-state index contributed by atoms with van der Waals surface area (Å²) in [6.07, 6.45) is 2.53. The summed E-state index contributed by atoms with van der Waals surface area (Å²) in [5.41, 5.74) is 0. The number of guanidine groups is 1. The van der Waals surface area contributed by atoms with Crippen molar-refractivity contribution in [3.63, 3.8) is 0 Å². The Hall–Kier alpha value is -0.730. The summed E-state index contributed by atoms with van der Waals surface area (Å²) in [5.74, 6) is 1.19. The van der Waals surface area contributed by atoms with Crippen LogP contribution < -0.4 is 0 Å². The van der Waals surface area contributed by atoms with E-state index in [-0.39, 0.29) is 0 Å². The van der Waals surface area contributed by atoms with Gasteiger partial charge < -0.3 is 9.80 Å². The molecular formula is C11H23N3. The van der Waals surface area contributed by atoms with Gasteiger partial charge in [0, 0.05) is 32.7 Å². The Labute approximate surface area is 87.8 Å². The maximum Gasteiger partial charge on any atom is 0.196 e. The fraction of sp³-hybridized carbons (Fsp3) is 0.909. The molecule has 0 aliphatic carbocycles. The summed E-state index contributed by atoms with van der Waals surface area (Å²) in [5, 5.41) is 0. The van der Waals surface area contributed by atoms with Gasteiger partial charge in [-0.3, -0.25) is 4.99 Å². The smallest absolute Gasteiger partial charge is 0.196 e. The van der Waals surface area contributed by atoms with Crippen LogP contribution >= 0.6 is 0 Å². The Morgan fingerprint density at radius 2 is 2.07 bits per heavy atom. The Morgan fingerprint density at radius 3 is 2.64 bits per heavy atom. The average Bonchev–Trinajstić information content (AvgIpc) is 2.45. The summed E-state index contributed by atoms with van der Waals surface area (Å²) in [4.78, 5) is 9.33. The van der Waals surface area contributed by atoms with Crippen molar-refractivity contribution in [3.8, 4) is 0 Å². The van der Waals surface area contributed by atoms with Gasteiger partial charge >= 0.3 is 0 Å². The quantitative estimate of drug-likeness (QED) is 0.684. The molecule has 1 aliphatic rings. The van der Waals surface area contributed by atoms with Crippen molar-refractivity contribution in [2.45, 2.75) is 39.7 Å². The Bertz CT molecular complexity index is 199. The summed E-state index contributed by atoms with van der Waals surface area (Å²) >= 11 is 0. The molecule has 0 radical (unpaired) electrons. The zero-order valence-corrected chi connectivity index (χ0v) is 9.95. The van der Waals surface area contributed by atoms with Gasteiger partial charge in [0.05, 0.1) is 0 Å². The molecule has 14 heavy (non-hydrogen) atoms. The standard InChI is InChI=1S/C11H23N3/c1-5-6-7-14-9-8-13(4)11(14)12-10(2)3/h10H,5-9H2,1-4H3. The van der Waals surface area contributed by atoms with Crippen LogP contribution in [-0.2, 0) is 0 Å². The van der Waals surface area contributed by atoms with Gasteiger partial charge in [0.1, 0.15) is 0 Å². The number of hydrogen-bond acceptors (Lipinski definition) is 1. The van der Waals surface area contributed by atoms with Gasteiger partial charge in [-0.25, -0.2) is 0 Å². The second kappa shape index (κ2) is 5.23. The Balaban J connectivity index is 2.57. The van der Waals surface area contributed by atoms with Gasteiger partial charge in [-0.05, 0) is 20.3 Å². The normalized spacial score (nSPS) is 20.2. The number of unbranched alkanes of at least 4 members (excludes halogenated alkanes) is 1. The molecule has 0 aromatic rings. The first-order chi connectivity index (χ1) is 6.65.